The predicted molar refractivity (Wildman–Crippen MR) is 47.6 cm³/mol. The van der Waals surface area contributed by atoms with Crippen LogP contribution in [0.2, 0.25) is 0 Å². The fourth-order valence-corrected chi connectivity index (χ4v) is 1.10. The van der Waals surface area contributed by atoms with Crippen molar-refractivity contribution >= 4 is 6.03 Å². The molecule has 66 valence electrons. The van der Waals surface area contributed by atoms with Gasteiger partial charge in [-0.1, -0.05) is 5.92 Å². The number of terminal acetylenes is 1. The zero-order valence-electron chi connectivity index (χ0n) is 7.26. The molecule has 0 aromatic rings. The lowest BCUT2D eigenvalue weighted by atomic mass is 10.2. The average Bonchev–Trinajstić information content (AvgIpc) is 2.82. The first-order valence-electron chi connectivity index (χ1n) is 4.22. The van der Waals surface area contributed by atoms with Crippen molar-refractivity contribution in [3.8, 4) is 12.3 Å². The first-order valence-corrected chi connectivity index (χ1v) is 4.22. The van der Waals surface area contributed by atoms with Gasteiger partial charge in [0, 0.05) is 6.04 Å². The van der Waals surface area contributed by atoms with Crippen LogP contribution in [-0.2, 0) is 0 Å². The third-order valence-corrected chi connectivity index (χ3v) is 2.04. The third kappa shape index (κ3) is 2.83. The van der Waals surface area contributed by atoms with E-state index in [4.69, 9.17) is 6.42 Å². The molecule has 1 aliphatic rings. The van der Waals surface area contributed by atoms with Gasteiger partial charge >= 0.3 is 6.03 Å². The standard InChI is InChI=1S/C9H14N2O/c1-3-6-10-9(12)11-7(2)8-4-5-8/h1,7-8H,4-6H2,2H3,(H2,10,11,12). The van der Waals surface area contributed by atoms with Gasteiger partial charge in [-0.3, -0.25) is 0 Å². The van der Waals surface area contributed by atoms with E-state index >= 15 is 0 Å². The summed E-state index contributed by atoms with van der Waals surface area (Å²) >= 11 is 0. The van der Waals surface area contributed by atoms with Crippen LogP contribution < -0.4 is 10.6 Å². The molecule has 3 heteroatoms. The number of carbonyl (C=O) groups excluding carboxylic acids is 1. The van der Waals surface area contributed by atoms with Crippen molar-refractivity contribution in [2.75, 3.05) is 6.54 Å². The second-order valence-corrected chi connectivity index (χ2v) is 3.16. The number of rotatable bonds is 3. The smallest absolute Gasteiger partial charge is 0.315 e. The van der Waals surface area contributed by atoms with Crippen LogP contribution in [0.25, 0.3) is 0 Å². The van der Waals surface area contributed by atoms with Crippen molar-refractivity contribution in [3.05, 3.63) is 0 Å². The van der Waals surface area contributed by atoms with Crippen molar-refractivity contribution in [3.63, 3.8) is 0 Å². The summed E-state index contributed by atoms with van der Waals surface area (Å²) in [6, 6.07) is 0.120. The maximum absolute atomic E-state index is 11.0. The van der Waals surface area contributed by atoms with Crippen molar-refractivity contribution in [2.24, 2.45) is 5.92 Å². The molecule has 0 aromatic carbocycles. The SMILES string of the molecule is C#CCNC(=O)NC(C)C1CC1. The van der Waals surface area contributed by atoms with Crippen molar-refractivity contribution < 1.29 is 4.79 Å². The second-order valence-electron chi connectivity index (χ2n) is 3.16. The van der Waals surface area contributed by atoms with E-state index in [9.17, 15) is 4.79 Å². The number of hydrogen-bond donors (Lipinski definition) is 2. The van der Waals surface area contributed by atoms with Crippen molar-refractivity contribution in [2.45, 2.75) is 25.8 Å². The molecule has 2 amide bonds. The van der Waals surface area contributed by atoms with E-state index in [1.165, 1.54) is 12.8 Å². The summed E-state index contributed by atoms with van der Waals surface area (Å²) in [7, 11) is 0. The first-order chi connectivity index (χ1) is 5.74. The molecule has 0 heterocycles. The highest BCUT2D eigenvalue weighted by atomic mass is 16.2. The molecule has 0 bridgehead atoms. The third-order valence-electron chi connectivity index (χ3n) is 2.04. The number of hydrogen-bond acceptors (Lipinski definition) is 1. The molecule has 0 aliphatic heterocycles. The molecule has 0 saturated heterocycles. The van der Waals surface area contributed by atoms with Crippen LogP contribution in [0, 0.1) is 18.3 Å². The van der Waals surface area contributed by atoms with Crippen LogP contribution in [-0.4, -0.2) is 18.6 Å². The van der Waals surface area contributed by atoms with Crippen LogP contribution in [0.1, 0.15) is 19.8 Å². The Hall–Kier alpha value is -1.17. The second kappa shape index (κ2) is 4.01. The van der Waals surface area contributed by atoms with Gasteiger partial charge in [0.25, 0.3) is 0 Å². The first kappa shape index (κ1) is 8.92. The fraction of sp³-hybridized carbons (Fsp3) is 0.667. The lowest BCUT2D eigenvalue weighted by Gasteiger charge is -2.12. The van der Waals surface area contributed by atoms with Crippen LogP contribution in [0.4, 0.5) is 4.79 Å². The molecule has 1 saturated carbocycles. The Bertz CT molecular complexity index is 203. The molecule has 2 N–H and O–H groups in total. The Morgan fingerprint density at radius 1 is 1.75 bits per heavy atom. The number of urea groups is 1. The summed E-state index contributed by atoms with van der Waals surface area (Å²) in [5.41, 5.74) is 0. The minimum absolute atomic E-state index is 0.160. The minimum atomic E-state index is -0.160. The highest BCUT2D eigenvalue weighted by Gasteiger charge is 2.28. The Kier molecular flexibility index (Phi) is 2.98. The molecule has 0 radical (unpaired) electrons. The molecule has 12 heavy (non-hydrogen) atoms. The van der Waals surface area contributed by atoms with Gasteiger partial charge in [-0.2, -0.15) is 0 Å². The lowest BCUT2D eigenvalue weighted by Crippen LogP contribution is -2.41. The lowest BCUT2D eigenvalue weighted by molar-refractivity contribution is 0.237. The Morgan fingerprint density at radius 2 is 2.42 bits per heavy atom. The summed E-state index contributed by atoms with van der Waals surface area (Å²) < 4.78 is 0. The molecule has 1 fully saturated rings. The van der Waals surface area contributed by atoms with Crippen LogP contribution in [0.15, 0.2) is 0 Å². The van der Waals surface area contributed by atoms with E-state index in [1.807, 2.05) is 6.92 Å². The molecule has 1 aliphatic carbocycles. The zero-order chi connectivity index (χ0) is 8.97. The maximum atomic E-state index is 11.0. The van der Waals surface area contributed by atoms with Crippen molar-refractivity contribution in [1.29, 1.82) is 0 Å². The Morgan fingerprint density at radius 3 is 2.92 bits per heavy atom. The van der Waals surface area contributed by atoms with E-state index in [-0.39, 0.29) is 12.1 Å². The van der Waals surface area contributed by atoms with Gasteiger partial charge in [0.05, 0.1) is 6.54 Å². The largest absolute Gasteiger partial charge is 0.335 e. The molecular weight excluding hydrogens is 152 g/mol. The van der Waals surface area contributed by atoms with Gasteiger partial charge < -0.3 is 10.6 Å². The molecule has 1 unspecified atom stereocenters. The van der Waals surface area contributed by atoms with E-state index in [1.54, 1.807) is 0 Å². The molecule has 1 atom stereocenters. The molecular formula is C9H14N2O. The van der Waals surface area contributed by atoms with Crippen LogP contribution in [0.3, 0.4) is 0 Å². The fourth-order valence-electron chi connectivity index (χ4n) is 1.10. The topological polar surface area (TPSA) is 41.1 Å². The summed E-state index contributed by atoms with van der Waals surface area (Å²) in [4.78, 5) is 11.0. The minimum Gasteiger partial charge on any atom is -0.335 e. The zero-order valence-corrected chi connectivity index (χ0v) is 7.26. The summed E-state index contributed by atoms with van der Waals surface area (Å²) in [6.45, 7) is 2.32. The highest BCUT2D eigenvalue weighted by Crippen LogP contribution is 2.32. The summed E-state index contributed by atoms with van der Waals surface area (Å²) in [5, 5.41) is 5.39. The van der Waals surface area contributed by atoms with Crippen LogP contribution >= 0.6 is 0 Å². The molecule has 1 rings (SSSR count). The van der Waals surface area contributed by atoms with Crippen molar-refractivity contribution in [1.82, 2.24) is 10.6 Å². The molecule has 0 aromatic heterocycles. The van der Waals surface area contributed by atoms with Gasteiger partial charge in [-0.15, -0.1) is 6.42 Å². The Labute approximate surface area is 72.9 Å². The maximum Gasteiger partial charge on any atom is 0.315 e. The monoisotopic (exact) mass is 166 g/mol. The van der Waals surface area contributed by atoms with E-state index in [0.717, 1.165) is 0 Å². The quantitative estimate of drug-likeness (QED) is 0.596. The number of amides is 2. The van der Waals surface area contributed by atoms with Gasteiger partial charge in [0.1, 0.15) is 0 Å². The molecule has 0 spiro atoms. The summed E-state index contributed by atoms with van der Waals surface area (Å²) in [6.07, 6.45) is 7.45. The predicted octanol–water partition coefficient (Wildman–Crippen LogP) is 0.717. The number of carbonyl (C=O) groups is 1. The van der Waals surface area contributed by atoms with Gasteiger partial charge in [-0.25, -0.2) is 4.79 Å². The Balaban J connectivity index is 2.12. The van der Waals surface area contributed by atoms with E-state index < -0.39 is 0 Å². The van der Waals surface area contributed by atoms with Crippen LogP contribution in [0.5, 0.6) is 0 Å². The highest BCUT2D eigenvalue weighted by molar-refractivity contribution is 5.74. The van der Waals surface area contributed by atoms with Gasteiger partial charge in [0.15, 0.2) is 0 Å². The van der Waals surface area contributed by atoms with E-state index in [2.05, 4.69) is 16.6 Å². The molecule has 3 nitrogen and oxygen atoms in total. The van der Waals surface area contributed by atoms with Gasteiger partial charge in [-0.05, 0) is 25.7 Å². The van der Waals surface area contributed by atoms with Gasteiger partial charge in [0.2, 0.25) is 0 Å². The average molecular weight is 166 g/mol. The normalized spacial score (nSPS) is 17.7. The van der Waals surface area contributed by atoms with E-state index in [0.29, 0.717) is 12.5 Å². The number of nitrogens with one attached hydrogen (secondary N) is 2. The summed E-state index contributed by atoms with van der Waals surface area (Å²) in [5.74, 6) is 3.03.